The summed E-state index contributed by atoms with van der Waals surface area (Å²) in [7, 11) is 1.92. The fraction of sp³-hybridized carbons (Fsp3) is 0.167. The SMILES string of the molecule is Cn1cc(C(O)CNC(=O)c2ccc(Cl)c(Cl)c2)c2ccccc21. The first kappa shape index (κ1) is 16.8. The lowest BCUT2D eigenvalue weighted by Crippen LogP contribution is -2.28. The molecule has 1 amide bonds. The predicted molar refractivity (Wildman–Crippen MR) is 96.7 cm³/mol. The first-order chi connectivity index (χ1) is 11.5. The maximum atomic E-state index is 12.2. The van der Waals surface area contributed by atoms with Gasteiger partial charge in [0.2, 0.25) is 0 Å². The number of halogens is 2. The second kappa shape index (κ2) is 6.85. The van der Waals surface area contributed by atoms with Crippen LogP contribution in [0.3, 0.4) is 0 Å². The Morgan fingerprint density at radius 1 is 1.21 bits per heavy atom. The summed E-state index contributed by atoms with van der Waals surface area (Å²) >= 11 is 11.8. The average Bonchev–Trinajstić information content (AvgIpc) is 2.92. The predicted octanol–water partition coefficient (Wildman–Crippen LogP) is 3.95. The highest BCUT2D eigenvalue weighted by Crippen LogP contribution is 2.26. The number of aromatic nitrogens is 1. The van der Waals surface area contributed by atoms with Gasteiger partial charge in [0.15, 0.2) is 0 Å². The first-order valence-corrected chi connectivity index (χ1v) is 8.18. The van der Waals surface area contributed by atoms with Crippen LogP contribution in [0, 0.1) is 0 Å². The van der Waals surface area contributed by atoms with Crippen LogP contribution in [0.4, 0.5) is 0 Å². The van der Waals surface area contributed by atoms with Crippen molar-refractivity contribution in [2.45, 2.75) is 6.10 Å². The Morgan fingerprint density at radius 3 is 2.71 bits per heavy atom. The molecule has 1 aromatic heterocycles. The van der Waals surface area contributed by atoms with Gasteiger partial charge in [-0.1, -0.05) is 41.4 Å². The van der Waals surface area contributed by atoms with E-state index in [0.717, 1.165) is 16.5 Å². The molecule has 0 aliphatic carbocycles. The molecule has 0 radical (unpaired) electrons. The van der Waals surface area contributed by atoms with E-state index in [1.807, 2.05) is 42.1 Å². The van der Waals surface area contributed by atoms with E-state index in [4.69, 9.17) is 23.2 Å². The number of aliphatic hydroxyl groups is 1. The number of nitrogens with zero attached hydrogens (tertiary/aromatic N) is 1. The van der Waals surface area contributed by atoms with Crippen molar-refractivity contribution in [3.8, 4) is 0 Å². The van der Waals surface area contributed by atoms with Gasteiger partial charge in [0.25, 0.3) is 5.91 Å². The molecule has 0 aliphatic heterocycles. The second-order valence-corrected chi connectivity index (χ2v) is 6.38. The summed E-state index contributed by atoms with van der Waals surface area (Å²) in [5.41, 5.74) is 2.21. The van der Waals surface area contributed by atoms with E-state index < -0.39 is 6.10 Å². The molecule has 0 saturated carbocycles. The van der Waals surface area contributed by atoms with E-state index in [9.17, 15) is 9.90 Å². The van der Waals surface area contributed by atoms with Crippen molar-refractivity contribution in [3.63, 3.8) is 0 Å². The highest BCUT2D eigenvalue weighted by Gasteiger charge is 2.16. The van der Waals surface area contributed by atoms with Crippen molar-refractivity contribution < 1.29 is 9.90 Å². The fourth-order valence-corrected chi connectivity index (χ4v) is 2.98. The van der Waals surface area contributed by atoms with Crippen LogP contribution in [0.5, 0.6) is 0 Å². The maximum Gasteiger partial charge on any atom is 0.251 e. The van der Waals surface area contributed by atoms with Crippen LogP contribution >= 0.6 is 23.2 Å². The Morgan fingerprint density at radius 2 is 1.96 bits per heavy atom. The van der Waals surface area contributed by atoms with Crippen LogP contribution < -0.4 is 5.32 Å². The first-order valence-electron chi connectivity index (χ1n) is 7.42. The molecular weight excluding hydrogens is 347 g/mol. The lowest BCUT2D eigenvalue weighted by atomic mass is 10.1. The Bertz CT molecular complexity index is 905. The normalized spacial score (nSPS) is 12.3. The second-order valence-electron chi connectivity index (χ2n) is 5.57. The summed E-state index contributed by atoms with van der Waals surface area (Å²) < 4.78 is 1.95. The number of aryl methyl sites for hydroxylation is 1. The van der Waals surface area contributed by atoms with E-state index >= 15 is 0 Å². The minimum absolute atomic E-state index is 0.104. The van der Waals surface area contributed by atoms with Gasteiger partial charge in [-0.05, 0) is 24.3 Å². The van der Waals surface area contributed by atoms with E-state index in [1.54, 1.807) is 12.1 Å². The summed E-state index contributed by atoms with van der Waals surface area (Å²) in [6.07, 6.45) is 1.07. The monoisotopic (exact) mass is 362 g/mol. The number of hydrogen-bond acceptors (Lipinski definition) is 2. The van der Waals surface area contributed by atoms with Crippen LogP contribution in [0.15, 0.2) is 48.7 Å². The maximum absolute atomic E-state index is 12.2. The molecule has 6 heteroatoms. The third-order valence-electron chi connectivity index (χ3n) is 3.92. The van der Waals surface area contributed by atoms with E-state index in [2.05, 4.69) is 5.32 Å². The summed E-state index contributed by atoms with van der Waals surface area (Å²) in [5, 5.41) is 14.8. The standard InChI is InChI=1S/C18H16Cl2N2O2/c1-22-10-13(12-4-2-3-5-16(12)22)17(23)9-21-18(24)11-6-7-14(19)15(20)8-11/h2-8,10,17,23H,9H2,1H3,(H,21,24). The number of fused-ring (bicyclic) bond motifs is 1. The molecule has 0 aliphatic rings. The van der Waals surface area contributed by atoms with Crippen LogP contribution in [0.2, 0.25) is 10.0 Å². The largest absolute Gasteiger partial charge is 0.386 e. The lowest BCUT2D eigenvalue weighted by molar-refractivity contribution is 0.0917. The van der Waals surface area contributed by atoms with Gasteiger partial charge in [0, 0.05) is 41.8 Å². The Hall–Kier alpha value is -2.01. The number of aliphatic hydroxyl groups excluding tert-OH is 1. The molecule has 1 unspecified atom stereocenters. The summed E-state index contributed by atoms with van der Waals surface area (Å²) in [5.74, 6) is -0.312. The van der Waals surface area contributed by atoms with Crippen LogP contribution in [-0.4, -0.2) is 22.1 Å². The zero-order valence-electron chi connectivity index (χ0n) is 13.0. The van der Waals surface area contributed by atoms with Crippen molar-refractivity contribution in [3.05, 3.63) is 69.8 Å². The minimum atomic E-state index is -0.803. The highest BCUT2D eigenvalue weighted by atomic mass is 35.5. The van der Waals surface area contributed by atoms with Crippen molar-refractivity contribution in [1.29, 1.82) is 0 Å². The molecule has 3 aromatic rings. The Kier molecular flexibility index (Phi) is 4.81. The number of nitrogens with one attached hydrogen (secondary N) is 1. The van der Waals surface area contributed by atoms with Crippen molar-refractivity contribution in [1.82, 2.24) is 9.88 Å². The van der Waals surface area contributed by atoms with Gasteiger partial charge in [-0.3, -0.25) is 4.79 Å². The zero-order chi connectivity index (χ0) is 17.3. The molecule has 1 heterocycles. The van der Waals surface area contributed by atoms with Crippen LogP contribution in [0.25, 0.3) is 10.9 Å². The fourth-order valence-electron chi connectivity index (χ4n) is 2.68. The number of hydrogen-bond donors (Lipinski definition) is 2. The topological polar surface area (TPSA) is 54.3 Å². The molecule has 3 rings (SSSR count). The van der Waals surface area contributed by atoms with Gasteiger partial charge in [-0.25, -0.2) is 0 Å². The molecule has 1 atom stereocenters. The molecular formula is C18H16Cl2N2O2. The highest BCUT2D eigenvalue weighted by molar-refractivity contribution is 6.42. The van der Waals surface area contributed by atoms with E-state index in [-0.39, 0.29) is 12.5 Å². The lowest BCUT2D eigenvalue weighted by Gasteiger charge is -2.12. The van der Waals surface area contributed by atoms with Crippen molar-refractivity contribution >= 4 is 40.0 Å². The summed E-state index contributed by atoms with van der Waals surface area (Å²) in [6.45, 7) is 0.104. The summed E-state index contributed by atoms with van der Waals surface area (Å²) in [4.78, 5) is 12.2. The number of rotatable bonds is 4. The summed E-state index contributed by atoms with van der Waals surface area (Å²) in [6, 6.07) is 12.5. The third-order valence-corrected chi connectivity index (χ3v) is 4.66. The number of carbonyl (C=O) groups excluding carboxylic acids is 1. The van der Waals surface area contributed by atoms with Gasteiger partial charge >= 0.3 is 0 Å². The van der Waals surface area contributed by atoms with Gasteiger partial charge < -0.3 is 15.0 Å². The molecule has 2 aromatic carbocycles. The Balaban J connectivity index is 1.73. The van der Waals surface area contributed by atoms with Crippen molar-refractivity contribution in [2.75, 3.05) is 6.54 Å². The van der Waals surface area contributed by atoms with Gasteiger partial charge in [-0.2, -0.15) is 0 Å². The van der Waals surface area contributed by atoms with Crippen molar-refractivity contribution in [2.24, 2.45) is 7.05 Å². The van der Waals surface area contributed by atoms with E-state index in [0.29, 0.717) is 15.6 Å². The van der Waals surface area contributed by atoms with Crippen LogP contribution in [-0.2, 0) is 7.05 Å². The number of benzene rings is 2. The van der Waals surface area contributed by atoms with E-state index in [1.165, 1.54) is 6.07 Å². The molecule has 4 nitrogen and oxygen atoms in total. The van der Waals surface area contributed by atoms with Gasteiger partial charge in [0.1, 0.15) is 0 Å². The average molecular weight is 363 g/mol. The number of carbonyl (C=O) groups is 1. The molecule has 24 heavy (non-hydrogen) atoms. The molecule has 124 valence electrons. The molecule has 0 saturated heterocycles. The molecule has 0 spiro atoms. The van der Waals surface area contributed by atoms with Crippen LogP contribution in [0.1, 0.15) is 22.0 Å². The molecule has 0 bridgehead atoms. The van der Waals surface area contributed by atoms with Gasteiger partial charge in [-0.15, -0.1) is 0 Å². The number of para-hydroxylation sites is 1. The Labute approximate surface area is 149 Å². The third kappa shape index (κ3) is 3.26. The smallest absolute Gasteiger partial charge is 0.251 e. The molecule has 2 N–H and O–H groups in total. The quantitative estimate of drug-likeness (QED) is 0.738. The van der Waals surface area contributed by atoms with Gasteiger partial charge in [0.05, 0.1) is 16.1 Å². The number of amides is 1. The molecule has 0 fully saturated rings. The zero-order valence-corrected chi connectivity index (χ0v) is 14.5. The minimum Gasteiger partial charge on any atom is -0.386 e.